The highest BCUT2D eigenvalue weighted by Crippen LogP contribution is 2.27. The summed E-state index contributed by atoms with van der Waals surface area (Å²) in [7, 11) is 0. The SMILES string of the molecule is O=C(CCC1CCCCC1)Nc1ccccc1C(=O)NCC1CCCO1. The Hall–Kier alpha value is -1.88. The third-order valence-corrected chi connectivity index (χ3v) is 5.46. The molecule has 0 aromatic heterocycles. The predicted molar refractivity (Wildman–Crippen MR) is 102 cm³/mol. The average molecular weight is 358 g/mol. The number of hydrogen-bond acceptors (Lipinski definition) is 3. The van der Waals surface area contributed by atoms with E-state index < -0.39 is 0 Å². The van der Waals surface area contributed by atoms with Gasteiger partial charge in [0.05, 0.1) is 17.4 Å². The average Bonchev–Trinajstić information content (AvgIpc) is 3.19. The number of ether oxygens (including phenoxy) is 1. The first-order chi connectivity index (χ1) is 12.7. The third kappa shape index (κ3) is 5.56. The largest absolute Gasteiger partial charge is 0.376 e. The van der Waals surface area contributed by atoms with Crippen molar-refractivity contribution in [2.45, 2.75) is 63.9 Å². The highest BCUT2D eigenvalue weighted by Gasteiger charge is 2.19. The van der Waals surface area contributed by atoms with Gasteiger partial charge in [0.2, 0.25) is 5.91 Å². The van der Waals surface area contributed by atoms with Crippen molar-refractivity contribution in [1.29, 1.82) is 0 Å². The van der Waals surface area contributed by atoms with E-state index in [1.165, 1.54) is 32.1 Å². The molecule has 1 aliphatic heterocycles. The van der Waals surface area contributed by atoms with Crippen molar-refractivity contribution < 1.29 is 14.3 Å². The molecule has 2 amide bonds. The number of benzene rings is 1. The minimum Gasteiger partial charge on any atom is -0.376 e. The fraction of sp³-hybridized carbons (Fsp3) is 0.619. The minimum atomic E-state index is -0.163. The zero-order valence-electron chi connectivity index (χ0n) is 15.5. The number of amides is 2. The molecule has 1 saturated heterocycles. The molecule has 1 unspecified atom stereocenters. The van der Waals surface area contributed by atoms with Crippen molar-refractivity contribution in [3.63, 3.8) is 0 Å². The van der Waals surface area contributed by atoms with Gasteiger partial charge in [-0.05, 0) is 37.3 Å². The Morgan fingerprint density at radius 3 is 2.62 bits per heavy atom. The second kappa shape index (κ2) is 9.72. The molecular formula is C21H30N2O3. The van der Waals surface area contributed by atoms with Gasteiger partial charge in [0.25, 0.3) is 5.91 Å². The quantitative estimate of drug-likeness (QED) is 0.777. The maximum atomic E-state index is 12.5. The maximum absolute atomic E-state index is 12.5. The lowest BCUT2D eigenvalue weighted by atomic mass is 9.86. The molecule has 1 heterocycles. The van der Waals surface area contributed by atoms with Crippen LogP contribution in [-0.4, -0.2) is 31.1 Å². The van der Waals surface area contributed by atoms with Crippen molar-refractivity contribution in [3.8, 4) is 0 Å². The molecule has 0 bridgehead atoms. The summed E-state index contributed by atoms with van der Waals surface area (Å²) in [5.74, 6) is 0.512. The third-order valence-electron chi connectivity index (χ3n) is 5.46. The molecular weight excluding hydrogens is 328 g/mol. The van der Waals surface area contributed by atoms with Crippen molar-refractivity contribution in [2.24, 2.45) is 5.92 Å². The number of nitrogens with one attached hydrogen (secondary N) is 2. The van der Waals surface area contributed by atoms with Gasteiger partial charge in [0.1, 0.15) is 0 Å². The summed E-state index contributed by atoms with van der Waals surface area (Å²) in [6.45, 7) is 1.29. The van der Waals surface area contributed by atoms with Crippen LogP contribution in [0.1, 0.15) is 68.1 Å². The van der Waals surface area contributed by atoms with Crippen molar-refractivity contribution in [3.05, 3.63) is 29.8 Å². The first kappa shape index (κ1) is 18.9. The molecule has 1 aromatic rings. The van der Waals surface area contributed by atoms with Crippen LogP contribution >= 0.6 is 0 Å². The number of carbonyl (C=O) groups is 2. The number of rotatable bonds is 7. The van der Waals surface area contributed by atoms with Crippen LogP contribution in [0.3, 0.4) is 0 Å². The lowest BCUT2D eigenvalue weighted by Crippen LogP contribution is -2.32. The molecule has 1 aromatic carbocycles. The summed E-state index contributed by atoms with van der Waals surface area (Å²) in [5.41, 5.74) is 1.10. The van der Waals surface area contributed by atoms with Crippen molar-refractivity contribution in [1.82, 2.24) is 5.32 Å². The Kier molecular flexibility index (Phi) is 7.06. The molecule has 2 aliphatic rings. The van der Waals surface area contributed by atoms with Crippen LogP contribution in [0.2, 0.25) is 0 Å². The van der Waals surface area contributed by atoms with Gasteiger partial charge < -0.3 is 15.4 Å². The lowest BCUT2D eigenvalue weighted by Gasteiger charge is -2.21. The molecule has 26 heavy (non-hydrogen) atoms. The number of anilines is 1. The van der Waals surface area contributed by atoms with Crippen LogP contribution in [0.5, 0.6) is 0 Å². The molecule has 2 N–H and O–H groups in total. The number of carbonyl (C=O) groups excluding carboxylic acids is 2. The van der Waals surface area contributed by atoms with Crippen LogP contribution in [0.4, 0.5) is 5.69 Å². The topological polar surface area (TPSA) is 67.4 Å². The van der Waals surface area contributed by atoms with Crippen LogP contribution in [0.15, 0.2) is 24.3 Å². The van der Waals surface area contributed by atoms with E-state index in [0.717, 1.165) is 25.9 Å². The molecule has 0 spiro atoms. The molecule has 1 atom stereocenters. The van der Waals surface area contributed by atoms with Gasteiger partial charge in [0.15, 0.2) is 0 Å². The van der Waals surface area contributed by atoms with Crippen LogP contribution in [-0.2, 0) is 9.53 Å². The lowest BCUT2D eigenvalue weighted by molar-refractivity contribution is -0.116. The van der Waals surface area contributed by atoms with Crippen LogP contribution < -0.4 is 10.6 Å². The first-order valence-electron chi connectivity index (χ1n) is 10.0. The van der Waals surface area contributed by atoms with E-state index in [0.29, 0.717) is 30.1 Å². The molecule has 2 fully saturated rings. The highest BCUT2D eigenvalue weighted by molar-refractivity contribution is 6.03. The van der Waals surface area contributed by atoms with Crippen molar-refractivity contribution in [2.75, 3.05) is 18.5 Å². The Morgan fingerprint density at radius 1 is 1.04 bits per heavy atom. The smallest absolute Gasteiger partial charge is 0.253 e. The summed E-state index contributed by atoms with van der Waals surface area (Å²) in [6, 6.07) is 7.20. The first-order valence-corrected chi connectivity index (χ1v) is 10.0. The van der Waals surface area contributed by atoms with E-state index in [4.69, 9.17) is 4.74 Å². The van der Waals surface area contributed by atoms with Gasteiger partial charge >= 0.3 is 0 Å². The molecule has 1 saturated carbocycles. The zero-order valence-corrected chi connectivity index (χ0v) is 15.5. The summed E-state index contributed by atoms with van der Waals surface area (Å²) in [4.78, 5) is 24.8. The van der Waals surface area contributed by atoms with E-state index in [1.807, 2.05) is 12.1 Å². The Morgan fingerprint density at radius 2 is 1.85 bits per heavy atom. The standard InChI is InChI=1S/C21H30N2O3/c24-20(13-12-16-7-2-1-3-8-16)23-19-11-5-4-10-18(19)21(25)22-15-17-9-6-14-26-17/h4-5,10-11,16-17H,1-3,6-9,12-15H2,(H,22,25)(H,23,24). The van der Waals surface area contributed by atoms with E-state index in [2.05, 4.69) is 10.6 Å². The van der Waals surface area contributed by atoms with Gasteiger partial charge in [-0.3, -0.25) is 9.59 Å². The van der Waals surface area contributed by atoms with E-state index in [9.17, 15) is 9.59 Å². The van der Waals surface area contributed by atoms with Crippen LogP contribution in [0, 0.1) is 5.92 Å². The van der Waals surface area contributed by atoms with E-state index in [1.54, 1.807) is 12.1 Å². The highest BCUT2D eigenvalue weighted by atomic mass is 16.5. The normalized spacial score (nSPS) is 20.7. The van der Waals surface area contributed by atoms with Gasteiger partial charge in [-0.15, -0.1) is 0 Å². The second-order valence-electron chi connectivity index (χ2n) is 7.48. The fourth-order valence-corrected chi connectivity index (χ4v) is 3.92. The molecule has 3 rings (SSSR count). The molecule has 5 heteroatoms. The Balaban J connectivity index is 1.50. The van der Waals surface area contributed by atoms with Crippen molar-refractivity contribution >= 4 is 17.5 Å². The summed E-state index contributed by atoms with van der Waals surface area (Å²) < 4.78 is 5.54. The zero-order chi connectivity index (χ0) is 18.2. The number of para-hydroxylation sites is 1. The van der Waals surface area contributed by atoms with Gasteiger partial charge in [-0.25, -0.2) is 0 Å². The Labute approximate surface area is 155 Å². The fourth-order valence-electron chi connectivity index (χ4n) is 3.92. The van der Waals surface area contributed by atoms with Gasteiger partial charge in [-0.2, -0.15) is 0 Å². The van der Waals surface area contributed by atoms with E-state index >= 15 is 0 Å². The maximum Gasteiger partial charge on any atom is 0.253 e. The Bertz CT molecular complexity index is 605. The number of hydrogen-bond donors (Lipinski definition) is 2. The van der Waals surface area contributed by atoms with Gasteiger partial charge in [0, 0.05) is 19.6 Å². The molecule has 1 aliphatic carbocycles. The summed E-state index contributed by atoms with van der Waals surface area (Å²) >= 11 is 0. The van der Waals surface area contributed by atoms with Gasteiger partial charge in [-0.1, -0.05) is 44.2 Å². The summed E-state index contributed by atoms with van der Waals surface area (Å²) in [6.07, 6.45) is 10.0. The molecule has 142 valence electrons. The minimum absolute atomic E-state index is 0.00468. The predicted octanol–water partition coefficient (Wildman–Crippen LogP) is 3.89. The molecule has 0 radical (unpaired) electrons. The second-order valence-corrected chi connectivity index (χ2v) is 7.48. The summed E-state index contributed by atoms with van der Waals surface area (Å²) in [5, 5.41) is 5.85. The molecule has 5 nitrogen and oxygen atoms in total. The van der Waals surface area contributed by atoms with Crippen LogP contribution in [0.25, 0.3) is 0 Å². The monoisotopic (exact) mass is 358 g/mol. The van der Waals surface area contributed by atoms with E-state index in [-0.39, 0.29) is 17.9 Å².